The number of likely N-dealkylation sites (tertiary alicyclic amines) is 1. The molecule has 0 aliphatic carbocycles. The number of ether oxygens (including phenoxy) is 1. The number of carbonyl (C=O) groups is 1. The molecule has 1 atom stereocenters. The molecule has 2 aromatic heterocycles. The molecule has 0 bridgehead atoms. The van der Waals surface area contributed by atoms with E-state index in [9.17, 15) is 4.79 Å². The zero-order valence-corrected chi connectivity index (χ0v) is 16.6. The van der Waals surface area contributed by atoms with Crippen molar-refractivity contribution < 1.29 is 9.53 Å². The highest BCUT2D eigenvalue weighted by atomic mass is 16.5. The Labute approximate surface area is 165 Å². The van der Waals surface area contributed by atoms with Gasteiger partial charge >= 0.3 is 0 Å². The van der Waals surface area contributed by atoms with Gasteiger partial charge in [-0.2, -0.15) is 0 Å². The Morgan fingerprint density at radius 1 is 1.25 bits per heavy atom. The quantitative estimate of drug-likeness (QED) is 0.675. The van der Waals surface area contributed by atoms with Crippen LogP contribution in [0.15, 0.2) is 42.6 Å². The third kappa shape index (κ3) is 3.46. The molecule has 0 radical (unpaired) electrons. The molecule has 0 saturated carbocycles. The van der Waals surface area contributed by atoms with Crippen molar-refractivity contribution >= 4 is 11.6 Å². The Hall–Kier alpha value is -2.89. The molecule has 146 valence electrons. The maximum absolute atomic E-state index is 13.0. The summed E-state index contributed by atoms with van der Waals surface area (Å²) < 4.78 is 7.94. The summed E-state index contributed by atoms with van der Waals surface area (Å²) in [5.41, 5.74) is 3.05. The first-order valence-corrected chi connectivity index (χ1v) is 9.87. The molecule has 0 N–H and O–H groups in total. The Kier molecular flexibility index (Phi) is 5.03. The van der Waals surface area contributed by atoms with Gasteiger partial charge in [0, 0.05) is 12.7 Å². The average molecular weight is 378 g/mol. The van der Waals surface area contributed by atoms with Gasteiger partial charge in [0.25, 0.3) is 5.91 Å². The Bertz CT molecular complexity index is 995. The first-order valence-electron chi connectivity index (χ1n) is 9.87. The van der Waals surface area contributed by atoms with E-state index in [1.54, 1.807) is 0 Å². The van der Waals surface area contributed by atoms with E-state index < -0.39 is 0 Å². The number of carbonyl (C=O) groups excluding carboxylic acids is 1. The zero-order valence-electron chi connectivity index (χ0n) is 16.6. The van der Waals surface area contributed by atoms with Crippen LogP contribution in [0.2, 0.25) is 0 Å². The van der Waals surface area contributed by atoms with Crippen LogP contribution in [0.1, 0.15) is 55.6 Å². The largest absolute Gasteiger partial charge is 0.483 e. The van der Waals surface area contributed by atoms with E-state index in [-0.39, 0.29) is 18.6 Å². The lowest BCUT2D eigenvalue weighted by Gasteiger charge is -2.24. The van der Waals surface area contributed by atoms with Crippen molar-refractivity contribution in [2.24, 2.45) is 0 Å². The molecule has 4 rings (SSSR count). The average Bonchev–Trinajstić information content (AvgIpc) is 3.32. The third-order valence-corrected chi connectivity index (χ3v) is 5.35. The first-order chi connectivity index (χ1) is 13.5. The molecule has 28 heavy (non-hydrogen) atoms. The molecule has 0 spiro atoms. The molecule has 3 heterocycles. The molecule has 3 aromatic rings. The normalized spacial score (nSPS) is 16.9. The molecule has 1 amide bonds. The number of nitrogens with zero attached hydrogens (tertiary/aromatic N) is 4. The van der Waals surface area contributed by atoms with E-state index >= 15 is 0 Å². The van der Waals surface area contributed by atoms with E-state index in [4.69, 9.17) is 4.74 Å². The van der Waals surface area contributed by atoms with Gasteiger partial charge in [-0.25, -0.2) is 0 Å². The number of aryl methyl sites for hydroxylation is 1. The maximum atomic E-state index is 13.0. The van der Waals surface area contributed by atoms with Gasteiger partial charge in [-0.1, -0.05) is 32.0 Å². The summed E-state index contributed by atoms with van der Waals surface area (Å²) in [6.45, 7) is 7.06. The van der Waals surface area contributed by atoms with Crippen LogP contribution >= 0.6 is 0 Å². The van der Waals surface area contributed by atoms with E-state index in [0.29, 0.717) is 5.92 Å². The SMILES string of the molecule is Cc1ccc(C(C)C)c(OCC(=O)N2CCC[C@H]2c2nnc3ccccn23)c1. The smallest absolute Gasteiger partial charge is 0.261 e. The van der Waals surface area contributed by atoms with Gasteiger partial charge in [0.15, 0.2) is 18.1 Å². The van der Waals surface area contributed by atoms with Gasteiger partial charge in [0.05, 0.1) is 6.04 Å². The second kappa shape index (κ2) is 7.62. The molecule has 0 unspecified atom stereocenters. The van der Waals surface area contributed by atoms with E-state index in [2.05, 4.69) is 36.2 Å². The van der Waals surface area contributed by atoms with Crippen LogP contribution in [-0.4, -0.2) is 38.6 Å². The zero-order chi connectivity index (χ0) is 19.7. The summed E-state index contributed by atoms with van der Waals surface area (Å²) in [6.07, 6.45) is 3.80. The summed E-state index contributed by atoms with van der Waals surface area (Å²) in [4.78, 5) is 14.9. The van der Waals surface area contributed by atoms with Gasteiger partial charge < -0.3 is 9.64 Å². The number of fused-ring (bicyclic) bond motifs is 1. The van der Waals surface area contributed by atoms with Crippen molar-refractivity contribution in [2.75, 3.05) is 13.2 Å². The number of hydrogen-bond acceptors (Lipinski definition) is 4. The van der Waals surface area contributed by atoms with Gasteiger partial charge in [-0.05, 0) is 55.0 Å². The van der Waals surface area contributed by atoms with Crippen molar-refractivity contribution in [2.45, 2.75) is 45.6 Å². The van der Waals surface area contributed by atoms with Gasteiger partial charge in [-0.15, -0.1) is 10.2 Å². The van der Waals surface area contributed by atoms with Crippen LogP contribution in [0, 0.1) is 6.92 Å². The van der Waals surface area contributed by atoms with Crippen LogP contribution in [0.25, 0.3) is 5.65 Å². The summed E-state index contributed by atoms with van der Waals surface area (Å²) in [5, 5.41) is 8.59. The molecule has 1 aromatic carbocycles. The van der Waals surface area contributed by atoms with E-state index in [0.717, 1.165) is 47.7 Å². The molecule has 6 heteroatoms. The van der Waals surface area contributed by atoms with E-state index in [1.807, 2.05) is 46.7 Å². The van der Waals surface area contributed by atoms with Crippen molar-refractivity contribution in [1.29, 1.82) is 0 Å². The highest BCUT2D eigenvalue weighted by Crippen LogP contribution is 2.32. The summed E-state index contributed by atoms with van der Waals surface area (Å²) in [7, 11) is 0. The summed E-state index contributed by atoms with van der Waals surface area (Å²) in [6, 6.07) is 11.9. The standard InChI is InChI=1S/C22H26N4O2/c1-15(2)17-10-9-16(3)13-19(17)28-14-21(27)25-12-6-7-18(25)22-24-23-20-8-4-5-11-26(20)22/h4-5,8-11,13,15,18H,6-7,12,14H2,1-3H3/t18-/m0/s1. The molecule has 6 nitrogen and oxygen atoms in total. The van der Waals surface area contributed by atoms with Gasteiger partial charge in [0.1, 0.15) is 5.75 Å². The molecule has 1 saturated heterocycles. The monoisotopic (exact) mass is 378 g/mol. The number of aromatic nitrogens is 3. The fourth-order valence-electron chi connectivity index (χ4n) is 3.89. The molecular formula is C22H26N4O2. The molecular weight excluding hydrogens is 352 g/mol. The van der Waals surface area contributed by atoms with E-state index in [1.165, 1.54) is 0 Å². The summed E-state index contributed by atoms with van der Waals surface area (Å²) in [5.74, 6) is 1.95. The van der Waals surface area contributed by atoms with Gasteiger partial charge in [0.2, 0.25) is 0 Å². The fraction of sp³-hybridized carbons (Fsp3) is 0.409. The fourth-order valence-corrected chi connectivity index (χ4v) is 3.89. The third-order valence-electron chi connectivity index (χ3n) is 5.35. The van der Waals surface area contributed by atoms with Crippen molar-refractivity contribution in [3.05, 3.63) is 59.5 Å². The number of amides is 1. The first kappa shape index (κ1) is 18.5. The number of pyridine rings is 1. The highest BCUT2D eigenvalue weighted by Gasteiger charge is 2.33. The highest BCUT2D eigenvalue weighted by molar-refractivity contribution is 5.78. The molecule has 1 aliphatic rings. The predicted molar refractivity (Wildman–Crippen MR) is 107 cm³/mol. The second-order valence-corrected chi connectivity index (χ2v) is 7.72. The Balaban J connectivity index is 1.51. The topological polar surface area (TPSA) is 59.7 Å². The predicted octanol–water partition coefficient (Wildman–Crippen LogP) is 3.90. The lowest BCUT2D eigenvalue weighted by Crippen LogP contribution is -2.35. The number of hydrogen-bond donors (Lipinski definition) is 0. The maximum Gasteiger partial charge on any atom is 0.261 e. The van der Waals surface area contributed by atoms with Gasteiger partial charge in [-0.3, -0.25) is 9.20 Å². The second-order valence-electron chi connectivity index (χ2n) is 7.72. The minimum Gasteiger partial charge on any atom is -0.483 e. The lowest BCUT2D eigenvalue weighted by molar-refractivity contribution is -0.134. The van der Waals surface area contributed by atoms with Crippen LogP contribution in [0.5, 0.6) is 5.75 Å². The Morgan fingerprint density at radius 3 is 2.93 bits per heavy atom. The van der Waals surface area contributed by atoms with Crippen molar-refractivity contribution in [3.63, 3.8) is 0 Å². The molecule has 1 aliphatic heterocycles. The Morgan fingerprint density at radius 2 is 2.11 bits per heavy atom. The van der Waals surface area contributed by atoms with Crippen LogP contribution < -0.4 is 4.74 Å². The van der Waals surface area contributed by atoms with Crippen LogP contribution in [0.3, 0.4) is 0 Å². The van der Waals surface area contributed by atoms with Crippen molar-refractivity contribution in [3.8, 4) is 5.75 Å². The molecule has 1 fully saturated rings. The van der Waals surface area contributed by atoms with Crippen molar-refractivity contribution in [1.82, 2.24) is 19.5 Å². The minimum absolute atomic E-state index is 0.00797. The van der Waals surface area contributed by atoms with Crippen LogP contribution in [0.4, 0.5) is 0 Å². The number of benzene rings is 1. The van der Waals surface area contributed by atoms with Crippen LogP contribution in [-0.2, 0) is 4.79 Å². The number of rotatable bonds is 5. The summed E-state index contributed by atoms with van der Waals surface area (Å²) >= 11 is 0. The lowest BCUT2D eigenvalue weighted by atomic mass is 10.0. The minimum atomic E-state index is -0.0596.